The third-order valence-electron chi connectivity index (χ3n) is 4.73. The van der Waals surface area contributed by atoms with E-state index in [4.69, 9.17) is 0 Å². The summed E-state index contributed by atoms with van der Waals surface area (Å²) in [6.45, 7) is 2.46. The van der Waals surface area contributed by atoms with Crippen molar-refractivity contribution in [1.29, 1.82) is 0 Å². The summed E-state index contributed by atoms with van der Waals surface area (Å²) in [5.41, 5.74) is 7.01. The molecular weight excluding hydrogens is 366 g/mol. The zero-order valence-corrected chi connectivity index (χ0v) is 17.1. The highest BCUT2D eigenvalue weighted by Gasteiger charge is 2.25. The number of carbonyl (C=O) groups excluding carboxylic acids is 2. The molecule has 0 unspecified atom stereocenters. The summed E-state index contributed by atoms with van der Waals surface area (Å²) in [5.74, 6) is -0.357. The number of aryl methyl sites for hydroxylation is 2. The van der Waals surface area contributed by atoms with Crippen molar-refractivity contribution in [2.75, 3.05) is 37.1 Å². The highest BCUT2D eigenvalue weighted by atomic mass is 16.2. The molecule has 1 aliphatic rings. The lowest BCUT2D eigenvalue weighted by Crippen LogP contribution is -2.55. The molecule has 152 valence electrons. The van der Waals surface area contributed by atoms with Crippen LogP contribution in [0.5, 0.6) is 0 Å². The summed E-state index contributed by atoms with van der Waals surface area (Å²) < 4.78 is 0. The minimum atomic E-state index is -0.308. The van der Waals surface area contributed by atoms with Gasteiger partial charge in [0.2, 0.25) is 5.84 Å². The topological polar surface area (TPSA) is 77.0 Å². The first-order valence-corrected chi connectivity index (χ1v) is 9.69. The fourth-order valence-electron chi connectivity index (χ4n) is 2.98. The molecule has 7 nitrogen and oxygen atoms in total. The number of carbonyl (C=O) groups is 2. The summed E-state index contributed by atoms with van der Waals surface area (Å²) in [4.78, 5) is 30.7. The standard InChI is InChI=1S/C22H27N5O2/c1-16-6-10-19(11-7-16)27-20(28)15-24-21(25-27)22(29)23-14-4-5-17-8-12-18(13-9-17)26(2)3/h6-13H,4-5,14-15H2,1-3H3,(H,23,29)(H,24,25). The first kappa shape index (κ1) is 20.4. The summed E-state index contributed by atoms with van der Waals surface area (Å²) in [6, 6.07) is 15.9. The Labute approximate surface area is 171 Å². The van der Waals surface area contributed by atoms with Crippen molar-refractivity contribution in [3.8, 4) is 0 Å². The second-order valence-electron chi connectivity index (χ2n) is 7.26. The van der Waals surface area contributed by atoms with Crippen LogP contribution in [0, 0.1) is 6.92 Å². The maximum atomic E-state index is 12.4. The smallest absolute Gasteiger partial charge is 0.288 e. The lowest BCUT2D eigenvalue weighted by molar-refractivity contribution is -0.118. The number of benzene rings is 2. The van der Waals surface area contributed by atoms with E-state index in [0.717, 1.165) is 24.1 Å². The molecule has 2 amide bonds. The van der Waals surface area contributed by atoms with Gasteiger partial charge < -0.3 is 10.2 Å². The van der Waals surface area contributed by atoms with Gasteiger partial charge in [-0.05, 0) is 49.6 Å². The summed E-state index contributed by atoms with van der Waals surface area (Å²) in [5, 5.41) is 4.24. The molecule has 3 rings (SSSR count). The fraction of sp³-hybridized carbons (Fsp3) is 0.318. The van der Waals surface area contributed by atoms with Crippen LogP contribution >= 0.6 is 0 Å². The van der Waals surface area contributed by atoms with E-state index in [1.165, 1.54) is 10.6 Å². The van der Waals surface area contributed by atoms with Gasteiger partial charge in [0.05, 0.1) is 5.69 Å². The molecule has 0 radical (unpaired) electrons. The SMILES string of the molecule is Cc1ccc(N2NC(C(=O)NCCCc3ccc(N(C)C)cc3)=NCC2=O)cc1. The molecule has 0 fully saturated rings. The number of anilines is 2. The molecule has 0 aromatic heterocycles. The Hall–Kier alpha value is -3.35. The zero-order chi connectivity index (χ0) is 20.8. The van der Waals surface area contributed by atoms with Crippen molar-refractivity contribution in [2.45, 2.75) is 19.8 Å². The maximum Gasteiger partial charge on any atom is 0.288 e. The normalized spacial score (nSPS) is 13.6. The number of hydrazine groups is 1. The van der Waals surface area contributed by atoms with Crippen molar-refractivity contribution in [3.05, 3.63) is 59.7 Å². The van der Waals surface area contributed by atoms with E-state index in [2.05, 4.69) is 44.9 Å². The van der Waals surface area contributed by atoms with Crippen LogP contribution in [0.4, 0.5) is 11.4 Å². The third-order valence-corrected chi connectivity index (χ3v) is 4.73. The monoisotopic (exact) mass is 393 g/mol. The molecule has 2 aromatic carbocycles. The Kier molecular flexibility index (Phi) is 6.49. The minimum Gasteiger partial charge on any atom is -0.378 e. The van der Waals surface area contributed by atoms with Crippen LogP contribution in [0.25, 0.3) is 0 Å². The van der Waals surface area contributed by atoms with Gasteiger partial charge in [0.1, 0.15) is 6.54 Å². The van der Waals surface area contributed by atoms with Crippen molar-refractivity contribution in [1.82, 2.24) is 10.7 Å². The van der Waals surface area contributed by atoms with Crippen molar-refractivity contribution in [3.63, 3.8) is 0 Å². The van der Waals surface area contributed by atoms with Gasteiger partial charge in [0, 0.05) is 26.3 Å². The summed E-state index contributed by atoms with van der Waals surface area (Å²) in [6.07, 6.45) is 1.70. The number of hydrogen-bond donors (Lipinski definition) is 2. The van der Waals surface area contributed by atoms with E-state index in [0.29, 0.717) is 12.2 Å². The Morgan fingerprint density at radius 2 is 1.83 bits per heavy atom. The van der Waals surface area contributed by atoms with Gasteiger partial charge >= 0.3 is 0 Å². The van der Waals surface area contributed by atoms with Gasteiger partial charge in [0.15, 0.2) is 0 Å². The number of amides is 2. The van der Waals surface area contributed by atoms with Crippen LogP contribution in [0.2, 0.25) is 0 Å². The van der Waals surface area contributed by atoms with E-state index in [-0.39, 0.29) is 24.2 Å². The quantitative estimate of drug-likeness (QED) is 0.706. The molecule has 0 spiro atoms. The number of amidine groups is 1. The first-order chi connectivity index (χ1) is 13.9. The molecule has 0 bridgehead atoms. The third kappa shape index (κ3) is 5.34. The summed E-state index contributed by atoms with van der Waals surface area (Å²) >= 11 is 0. The van der Waals surface area contributed by atoms with E-state index in [1.807, 2.05) is 45.3 Å². The van der Waals surface area contributed by atoms with Crippen LogP contribution in [-0.4, -0.2) is 44.8 Å². The van der Waals surface area contributed by atoms with Crippen LogP contribution < -0.4 is 20.7 Å². The average molecular weight is 393 g/mol. The number of rotatable bonds is 7. The van der Waals surface area contributed by atoms with Crippen LogP contribution in [-0.2, 0) is 16.0 Å². The maximum absolute atomic E-state index is 12.4. The van der Waals surface area contributed by atoms with E-state index >= 15 is 0 Å². The molecular formula is C22H27N5O2. The molecule has 29 heavy (non-hydrogen) atoms. The molecule has 0 saturated carbocycles. The molecule has 1 heterocycles. The number of hydrogen-bond acceptors (Lipinski definition) is 5. The molecule has 0 atom stereocenters. The Morgan fingerprint density at radius 1 is 1.14 bits per heavy atom. The van der Waals surface area contributed by atoms with E-state index < -0.39 is 0 Å². The molecule has 1 aliphatic heterocycles. The molecule has 2 aromatic rings. The van der Waals surface area contributed by atoms with E-state index in [1.54, 1.807) is 0 Å². The summed E-state index contributed by atoms with van der Waals surface area (Å²) in [7, 11) is 4.03. The fourth-order valence-corrected chi connectivity index (χ4v) is 2.98. The minimum absolute atomic E-state index is 0.0537. The van der Waals surface area contributed by atoms with Gasteiger partial charge in [0.25, 0.3) is 11.8 Å². The second-order valence-corrected chi connectivity index (χ2v) is 7.26. The predicted molar refractivity (Wildman–Crippen MR) is 116 cm³/mol. The van der Waals surface area contributed by atoms with Crippen LogP contribution in [0.1, 0.15) is 17.5 Å². The number of nitrogens with zero attached hydrogens (tertiary/aromatic N) is 3. The van der Waals surface area contributed by atoms with Gasteiger partial charge in [-0.1, -0.05) is 29.8 Å². The van der Waals surface area contributed by atoms with Gasteiger partial charge in [-0.15, -0.1) is 0 Å². The second kappa shape index (κ2) is 9.23. The first-order valence-electron chi connectivity index (χ1n) is 9.69. The Morgan fingerprint density at radius 3 is 2.48 bits per heavy atom. The number of nitrogens with one attached hydrogen (secondary N) is 2. The number of aliphatic imine (C=N–C) groups is 1. The van der Waals surface area contributed by atoms with E-state index in [9.17, 15) is 9.59 Å². The van der Waals surface area contributed by atoms with Crippen LogP contribution in [0.15, 0.2) is 53.5 Å². The largest absolute Gasteiger partial charge is 0.378 e. The highest BCUT2D eigenvalue weighted by Crippen LogP contribution is 2.15. The predicted octanol–water partition coefficient (Wildman–Crippen LogP) is 2.06. The molecule has 7 heteroatoms. The highest BCUT2D eigenvalue weighted by molar-refractivity contribution is 6.39. The zero-order valence-electron chi connectivity index (χ0n) is 17.1. The van der Waals surface area contributed by atoms with Crippen molar-refractivity contribution in [2.24, 2.45) is 4.99 Å². The van der Waals surface area contributed by atoms with Crippen LogP contribution in [0.3, 0.4) is 0 Å². The van der Waals surface area contributed by atoms with Gasteiger partial charge in [-0.25, -0.2) is 5.01 Å². The van der Waals surface area contributed by atoms with Gasteiger partial charge in [-0.2, -0.15) is 0 Å². The molecule has 0 aliphatic carbocycles. The average Bonchev–Trinajstić information content (AvgIpc) is 2.72. The van der Waals surface area contributed by atoms with Gasteiger partial charge in [-0.3, -0.25) is 20.0 Å². The van der Waals surface area contributed by atoms with Crippen molar-refractivity contribution < 1.29 is 9.59 Å². The lowest BCUT2D eigenvalue weighted by atomic mass is 10.1. The molecule has 0 saturated heterocycles. The Bertz CT molecular complexity index is 888. The lowest BCUT2D eigenvalue weighted by Gasteiger charge is -2.27. The van der Waals surface area contributed by atoms with Crippen molar-refractivity contribution >= 4 is 29.0 Å². The molecule has 2 N–H and O–H groups in total. The Balaban J connectivity index is 1.48.